The number of nitrogens with one attached hydrogen (secondary N) is 1. The van der Waals surface area contributed by atoms with Gasteiger partial charge in [0.25, 0.3) is 17.4 Å². The van der Waals surface area contributed by atoms with E-state index < -0.39 is 11.8 Å². The molecule has 1 aliphatic rings. The molecule has 0 fully saturated rings. The van der Waals surface area contributed by atoms with Crippen LogP contribution in [0.1, 0.15) is 43.1 Å². The molecule has 2 amide bonds. The summed E-state index contributed by atoms with van der Waals surface area (Å²) in [4.78, 5) is 39.2. The van der Waals surface area contributed by atoms with Crippen LogP contribution in [-0.2, 0) is 0 Å². The quantitative estimate of drug-likeness (QED) is 0.375. The van der Waals surface area contributed by atoms with E-state index in [0.717, 1.165) is 16.1 Å². The Bertz CT molecular complexity index is 1580. The van der Waals surface area contributed by atoms with Crippen LogP contribution in [0.5, 0.6) is 5.75 Å². The Kier molecular flexibility index (Phi) is 4.52. The van der Waals surface area contributed by atoms with Crippen molar-refractivity contribution >= 4 is 28.8 Å². The fraction of sp³-hybridized carbons (Fsp3) is 0.120. The molecule has 8 heteroatoms. The standard InChI is InChI=1S/C25H20N4O4/c1-13-7-8-21(14(2)9-13)28-25(33)20(15(3)27-28)12-26-29-23(31)18-6-4-5-16-10-17(30)11-19(22(16)18)24(29)32/h4-12,27,30H,1-3H3/b26-12+. The summed E-state index contributed by atoms with van der Waals surface area (Å²) in [6, 6.07) is 13.6. The van der Waals surface area contributed by atoms with Crippen molar-refractivity contribution in [1.29, 1.82) is 0 Å². The normalized spacial score (nSPS) is 13.5. The highest BCUT2D eigenvalue weighted by Crippen LogP contribution is 2.33. The summed E-state index contributed by atoms with van der Waals surface area (Å²) in [6.45, 7) is 5.61. The van der Waals surface area contributed by atoms with Crippen molar-refractivity contribution in [3.8, 4) is 11.4 Å². The Balaban J connectivity index is 1.57. The number of nitrogens with zero attached hydrogens (tertiary/aromatic N) is 3. The summed E-state index contributed by atoms with van der Waals surface area (Å²) >= 11 is 0. The maximum absolute atomic E-state index is 13.1. The number of aromatic nitrogens is 2. The topological polar surface area (TPSA) is 108 Å². The molecule has 8 nitrogen and oxygen atoms in total. The van der Waals surface area contributed by atoms with Gasteiger partial charge in [-0.15, -0.1) is 0 Å². The molecule has 1 aromatic heterocycles. The molecule has 1 aliphatic heterocycles. The van der Waals surface area contributed by atoms with Crippen LogP contribution in [0.3, 0.4) is 0 Å². The summed E-state index contributed by atoms with van der Waals surface area (Å²) in [5.74, 6) is -1.35. The lowest BCUT2D eigenvalue weighted by Crippen LogP contribution is -2.36. The van der Waals surface area contributed by atoms with Crippen LogP contribution in [0.25, 0.3) is 16.5 Å². The van der Waals surface area contributed by atoms with Gasteiger partial charge in [-0.2, -0.15) is 10.1 Å². The monoisotopic (exact) mass is 440 g/mol. The Hall–Kier alpha value is -4.46. The number of rotatable bonds is 3. The molecular weight excluding hydrogens is 420 g/mol. The van der Waals surface area contributed by atoms with Crippen molar-refractivity contribution in [3.63, 3.8) is 0 Å². The minimum atomic E-state index is -0.668. The lowest BCUT2D eigenvalue weighted by Gasteiger charge is -2.23. The average molecular weight is 440 g/mol. The minimum absolute atomic E-state index is 0.0842. The lowest BCUT2D eigenvalue weighted by atomic mass is 9.94. The second-order valence-electron chi connectivity index (χ2n) is 8.14. The molecule has 0 unspecified atom stereocenters. The van der Waals surface area contributed by atoms with E-state index in [0.29, 0.717) is 27.7 Å². The second-order valence-corrected chi connectivity index (χ2v) is 8.14. The number of hydrogen-bond donors (Lipinski definition) is 2. The number of aromatic amines is 1. The summed E-state index contributed by atoms with van der Waals surface area (Å²) in [6.07, 6.45) is 1.22. The molecule has 164 valence electrons. The van der Waals surface area contributed by atoms with E-state index >= 15 is 0 Å². The predicted molar refractivity (Wildman–Crippen MR) is 124 cm³/mol. The van der Waals surface area contributed by atoms with Crippen molar-refractivity contribution in [1.82, 2.24) is 14.8 Å². The zero-order valence-corrected chi connectivity index (χ0v) is 18.2. The Morgan fingerprint density at radius 3 is 2.45 bits per heavy atom. The van der Waals surface area contributed by atoms with Crippen LogP contribution in [0.15, 0.2) is 58.4 Å². The van der Waals surface area contributed by atoms with Crippen molar-refractivity contribution in [3.05, 3.63) is 92.4 Å². The number of aromatic hydroxyl groups is 1. The third-order valence-corrected chi connectivity index (χ3v) is 5.82. The SMILES string of the molecule is Cc1ccc(-n2[nH]c(C)c(/C=N/N3C(=O)c4cccc5cc(O)cc(c45)C3=O)c2=O)c(C)c1. The molecule has 0 saturated carbocycles. The summed E-state index contributed by atoms with van der Waals surface area (Å²) in [5, 5.41) is 18.9. The lowest BCUT2D eigenvalue weighted by molar-refractivity contribution is 0.0616. The molecule has 0 saturated heterocycles. The third-order valence-electron chi connectivity index (χ3n) is 5.82. The van der Waals surface area contributed by atoms with Gasteiger partial charge in [0.05, 0.1) is 28.6 Å². The smallest absolute Gasteiger partial charge is 0.282 e. The molecule has 0 bridgehead atoms. The van der Waals surface area contributed by atoms with Crippen molar-refractivity contribution in [2.45, 2.75) is 20.8 Å². The van der Waals surface area contributed by atoms with E-state index in [1.54, 1.807) is 25.1 Å². The molecule has 0 spiro atoms. The van der Waals surface area contributed by atoms with Crippen molar-refractivity contribution < 1.29 is 14.7 Å². The number of amides is 2. The van der Waals surface area contributed by atoms with Gasteiger partial charge in [0.1, 0.15) is 5.75 Å². The Morgan fingerprint density at radius 2 is 1.70 bits per heavy atom. The molecular formula is C25H20N4O4. The minimum Gasteiger partial charge on any atom is -0.508 e. The summed E-state index contributed by atoms with van der Waals surface area (Å²) in [5.41, 5.74) is 3.62. The van der Waals surface area contributed by atoms with Gasteiger partial charge in [0, 0.05) is 11.1 Å². The fourth-order valence-corrected chi connectivity index (χ4v) is 4.24. The van der Waals surface area contributed by atoms with Gasteiger partial charge in [-0.1, -0.05) is 29.8 Å². The zero-order chi connectivity index (χ0) is 23.4. The number of carbonyl (C=O) groups is 2. The first kappa shape index (κ1) is 20.4. The largest absolute Gasteiger partial charge is 0.508 e. The third kappa shape index (κ3) is 3.15. The average Bonchev–Trinajstić information content (AvgIpc) is 3.05. The van der Waals surface area contributed by atoms with Gasteiger partial charge in [-0.25, -0.2) is 4.68 Å². The van der Waals surface area contributed by atoms with Crippen LogP contribution in [-0.4, -0.2) is 37.9 Å². The number of H-pyrrole nitrogens is 1. The highest BCUT2D eigenvalue weighted by Gasteiger charge is 2.33. The molecule has 2 heterocycles. The molecule has 33 heavy (non-hydrogen) atoms. The highest BCUT2D eigenvalue weighted by molar-refractivity contribution is 6.25. The first-order valence-corrected chi connectivity index (χ1v) is 10.3. The zero-order valence-electron chi connectivity index (χ0n) is 18.2. The molecule has 2 N–H and O–H groups in total. The maximum atomic E-state index is 13.1. The Morgan fingerprint density at radius 1 is 0.939 bits per heavy atom. The Labute approximate surface area is 188 Å². The first-order valence-electron chi connectivity index (χ1n) is 10.3. The number of carbonyl (C=O) groups excluding carboxylic acids is 2. The predicted octanol–water partition coefficient (Wildman–Crippen LogP) is 3.58. The van der Waals surface area contributed by atoms with E-state index in [9.17, 15) is 19.5 Å². The van der Waals surface area contributed by atoms with Crippen LogP contribution < -0.4 is 5.56 Å². The van der Waals surface area contributed by atoms with Crippen molar-refractivity contribution in [2.24, 2.45) is 5.10 Å². The summed E-state index contributed by atoms with van der Waals surface area (Å²) < 4.78 is 1.42. The van der Waals surface area contributed by atoms with E-state index in [1.165, 1.54) is 23.0 Å². The van der Waals surface area contributed by atoms with E-state index in [2.05, 4.69) is 10.2 Å². The van der Waals surface area contributed by atoms with Crippen molar-refractivity contribution in [2.75, 3.05) is 0 Å². The van der Waals surface area contributed by atoms with Gasteiger partial charge in [-0.05, 0) is 56.0 Å². The second kappa shape index (κ2) is 7.30. The number of phenolic OH excluding ortho intramolecular Hbond substituents is 1. The van der Waals surface area contributed by atoms with E-state index in [4.69, 9.17) is 0 Å². The van der Waals surface area contributed by atoms with Crippen LogP contribution >= 0.6 is 0 Å². The van der Waals surface area contributed by atoms with Gasteiger partial charge in [0.15, 0.2) is 0 Å². The van der Waals surface area contributed by atoms with Gasteiger partial charge >= 0.3 is 0 Å². The molecule has 5 rings (SSSR count). The molecule has 4 aromatic rings. The first-order chi connectivity index (χ1) is 15.8. The van der Waals surface area contributed by atoms with Gasteiger partial charge in [0.2, 0.25) is 0 Å². The van der Waals surface area contributed by atoms with Gasteiger partial charge in [-0.3, -0.25) is 19.5 Å². The number of hydrazone groups is 1. The summed E-state index contributed by atoms with van der Waals surface area (Å²) in [7, 11) is 0. The van der Waals surface area contributed by atoms with Gasteiger partial charge < -0.3 is 5.11 Å². The number of hydrogen-bond acceptors (Lipinski definition) is 5. The van der Waals surface area contributed by atoms with E-state index in [1.807, 2.05) is 32.0 Å². The number of phenols is 1. The molecule has 0 radical (unpaired) electrons. The van der Waals surface area contributed by atoms with Crippen LogP contribution in [0.2, 0.25) is 0 Å². The molecule has 0 aliphatic carbocycles. The number of aryl methyl sites for hydroxylation is 3. The fourth-order valence-electron chi connectivity index (χ4n) is 4.24. The highest BCUT2D eigenvalue weighted by atomic mass is 16.3. The maximum Gasteiger partial charge on any atom is 0.282 e. The number of benzene rings is 3. The molecule has 3 aromatic carbocycles. The van der Waals surface area contributed by atoms with Crippen LogP contribution in [0, 0.1) is 20.8 Å². The van der Waals surface area contributed by atoms with Crippen LogP contribution in [0.4, 0.5) is 0 Å². The van der Waals surface area contributed by atoms with E-state index in [-0.39, 0.29) is 22.4 Å². The number of imide groups is 1. The molecule has 0 atom stereocenters.